The highest BCUT2D eigenvalue weighted by molar-refractivity contribution is 5.97. The second kappa shape index (κ2) is 3.70. The van der Waals surface area contributed by atoms with Gasteiger partial charge in [0.2, 0.25) is 5.91 Å². The van der Waals surface area contributed by atoms with Crippen LogP contribution in [0.5, 0.6) is 0 Å². The van der Waals surface area contributed by atoms with Crippen LogP contribution in [-0.2, 0) is 22.6 Å². The largest absolute Gasteiger partial charge is 0.357 e. The second-order valence-corrected chi connectivity index (χ2v) is 5.34. The lowest BCUT2D eigenvalue weighted by atomic mass is 9.89. The van der Waals surface area contributed by atoms with Crippen LogP contribution in [0.25, 0.3) is 10.9 Å². The minimum Gasteiger partial charge on any atom is -0.357 e. The van der Waals surface area contributed by atoms with Gasteiger partial charge < -0.3 is 9.88 Å². The molecule has 1 fully saturated rings. The Bertz CT molecular complexity index is 701. The molecule has 4 rings (SSSR count). The van der Waals surface area contributed by atoms with Gasteiger partial charge in [0.05, 0.1) is 12.6 Å². The predicted octanol–water partition coefficient (Wildman–Crippen LogP) is 1.78. The minimum absolute atomic E-state index is 0.105. The maximum Gasteiger partial charge on any atom is 0.223 e. The van der Waals surface area contributed by atoms with Crippen LogP contribution >= 0.6 is 0 Å². The highest BCUT2D eigenvalue weighted by Crippen LogP contribution is 2.32. The number of amides is 1. The number of nitrogens with zero attached hydrogens (tertiary/aromatic N) is 1. The third-order valence-electron chi connectivity index (χ3n) is 4.28. The Morgan fingerprint density at radius 3 is 2.89 bits per heavy atom. The Morgan fingerprint density at radius 2 is 2.00 bits per heavy atom. The lowest BCUT2D eigenvalue weighted by molar-refractivity contribution is -0.146. The smallest absolute Gasteiger partial charge is 0.223 e. The molecule has 1 atom stereocenters. The molecule has 2 aliphatic rings. The maximum absolute atomic E-state index is 12.0. The summed E-state index contributed by atoms with van der Waals surface area (Å²) in [6.45, 7) is 0.541. The lowest BCUT2D eigenvalue weighted by Gasteiger charge is -2.37. The van der Waals surface area contributed by atoms with E-state index in [2.05, 4.69) is 11.1 Å². The molecule has 4 heteroatoms. The number of piperidine rings is 1. The van der Waals surface area contributed by atoms with Crippen LogP contribution < -0.4 is 0 Å². The topological polar surface area (TPSA) is 53.2 Å². The molecule has 1 aromatic carbocycles. The molecule has 1 unspecified atom stereocenters. The standard InChI is InChI=1S/C15H14N2O2/c18-14-5-6-15(19)17-8-12-10(7-13(14)17)9-3-1-2-4-11(9)16-12/h1-4,13,16H,5-8H2. The third-order valence-corrected chi connectivity index (χ3v) is 4.28. The first-order valence-corrected chi connectivity index (χ1v) is 6.64. The first-order chi connectivity index (χ1) is 9.24. The van der Waals surface area contributed by atoms with Gasteiger partial charge in [0.15, 0.2) is 5.78 Å². The van der Waals surface area contributed by atoms with Crippen molar-refractivity contribution in [3.63, 3.8) is 0 Å². The van der Waals surface area contributed by atoms with Gasteiger partial charge in [0.1, 0.15) is 0 Å². The molecule has 1 N–H and O–H groups in total. The van der Waals surface area contributed by atoms with Gasteiger partial charge in [-0.2, -0.15) is 0 Å². The van der Waals surface area contributed by atoms with E-state index in [1.54, 1.807) is 4.90 Å². The molecule has 2 aromatic rings. The fraction of sp³-hybridized carbons (Fsp3) is 0.333. The third kappa shape index (κ3) is 1.46. The molecule has 0 radical (unpaired) electrons. The molecule has 1 aromatic heterocycles. The Kier molecular flexibility index (Phi) is 2.10. The lowest BCUT2D eigenvalue weighted by Crippen LogP contribution is -2.51. The molecular weight excluding hydrogens is 240 g/mol. The van der Waals surface area contributed by atoms with Gasteiger partial charge in [0.25, 0.3) is 0 Å². The number of aromatic nitrogens is 1. The Morgan fingerprint density at radius 1 is 1.16 bits per heavy atom. The molecule has 3 heterocycles. The summed E-state index contributed by atoms with van der Waals surface area (Å²) in [6, 6.07) is 7.88. The number of carbonyl (C=O) groups excluding carboxylic acids is 2. The number of benzene rings is 1. The molecule has 0 aliphatic carbocycles. The van der Waals surface area contributed by atoms with Crippen molar-refractivity contribution in [2.24, 2.45) is 0 Å². The molecule has 0 saturated carbocycles. The zero-order valence-electron chi connectivity index (χ0n) is 10.5. The van der Waals surface area contributed by atoms with Gasteiger partial charge in [0, 0.05) is 35.9 Å². The van der Waals surface area contributed by atoms with Gasteiger partial charge in [-0.3, -0.25) is 9.59 Å². The Labute approximate surface area is 110 Å². The van der Waals surface area contributed by atoms with Crippen LogP contribution in [0.4, 0.5) is 0 Å². The fourth-order valence-corrected chi connectivity index (χ4v) is 3.30. The van der Waals surface area contributed by atoms with E-state index in [0.717, 1.165) is 11.2 Å². The predicted molar refractivity (Wildman–Crippen MR) is 70.6 cm³/mol. The van der Waals surface area contributed by atoms with E-state index in [1.807, 2.05) is 18.2 Å². The van der Waals surface area contributed by atoms with Crippen molar-refractivity contribution in [2.45, 2.75) is 31.8 Å². The summed E-state index contributed by atoms with van der Waals surface area (Å²) in [4.78, 5) is 29.1. The molecular formula is C15H14N2O2. The number of rotatable bonds is 0. The number of hydrogen-bond acceptors (Lipinski definition) is 2. The van der Waals surface area contributed by atoms with E-state index >= 15 is 0 Å². The van der Waals surface area contributed by atoms with Gasteiger partial charge in [-0.15, -0.1) is 0 Å². The summed E-state index contributed by atoms with van der Waals surface area (Å²) in [7, 11) is 0. The fourth-order valence-electron chi connectivity index (χ4n) is 3.30. The van der Waals surface area contributed by atoms with Crippen molar-refractivity contribution in [3.8, 4) is 0 Å². The highest BCUT2D eigenvalue weighted by atomic mass is 16.2. The quantitative estimate of drug-likeness (QED) is 0.779. The number of H-pyrrole nitrogens is 1. The number of nitrogens with one attached hydrogen (secondary N) is 1. The number of Topliss-reactive ketones (excluding diaryl/α,β-unsaturated/α-hetero) is 1. The molecule has 19 heavy (non-hydrogen) atoms. The molecule has 1 saturated heterocycles. The average Bonchev–Trinajstić information content (AvgIpc) is 2.79. The van der Waals surface area contributed by atoms with Crippen molar-refractivity contribution in [1.82, 2.24) is 9.88 Å². The van der Waals surface area contributed by atoms with E-state index in [9.17, 15) is 9.59 Å². The van der Waals surface area contributed by atoms with Crippen molar-refractivity contribution >= 4 is 22.6 Å². The summed E-state index contributed by atoms with van der Waals surface area (Å²) >= 11 is 0. The summed E-state index contributed by atoms with van der Waals surface area (Å²) in [5.41, 5.74) is 3.38. The van der Waals surface area contributed by atoms with Crippen molar-refractivity contribution < 1.29 is 9.59 Å². The number of fused-ring (bicyclic) bond motifs is 4. The second-order valence-electron chi connectivity index (χ2n) is 5.34. The Hall–Kier alpha value is -2.10. The zero-order valence-corrected chi connectivity index (χ0v) is 10.5. The normalized spacial score (nSPS) is 22.5. The van der Waals surface area contributed by atoms with Crippen LogP contribution in [0.1, 0.15) is 24.1 Å². The number of aromatic amines is 1. The zero-order chi connectivity index (χ0) is 13.0. The van der Waals surface area contributed by atoms with E-state index < -0.39 is 0 Å². The number of hydrogen-bond donors (Lipinski definition) is 1. The molecule has 1 amide bonds. The molecule has 96 valence electrons. The molecule has 0 spiro atoms. The summed E-state index contributed by atoms with van der Waals surface area (Å²) in [5.74, 6) is 0.310. The average molecular weight is 254 g/mol. The number of para-hydroxylation sites is 1. The van der Waals surface area contributed by atoms with E-state index in [-0.39, 0.29) is 17.7 Å². The monoisotopic (exact) mass is 254 g/mol. The van der Waals surface area contributed by atoms with Crippen LogP contribution in [0.2, 0.25) is 0 Å². The van der Waals surface area contributed by atoms with Gasteiger partial charge in [-0.25, -0.2) is 0 Å². The van der Waals surface area contributed by atoms with E-state index in [1.165, 1.54) is 10.9 Å². The SMILES string of the molecule is O=C1CCC(=O)N2Cc3[nH]c4ccccc4c3CC12. The minimum atomic E-state index is -0.243. The van der Waals surface area contributed by atoms with Crippen LogP contribution in [-0.4, -0.2) is 27.6 Å². The van der Waals surface area contributed by atoms with Crippen molar-refractivity contribution in [3.05, 3.63) is 35.5 Å². The highest BCUT2D eigenvalue weighted by Gasteiger charge is 2.38. The van der Waals surface area contributed by atoms with Crippen LogP contribution in [0.15, 0.2) is 24.3 Å². The van der Waals surface area contributed by atoms with E-state index in [4.69, 9.17) is 0 Å². The summed E-state index contributed by atoms with van der Waals surface area (Å²) in [6.07, 6.45) is 1.42. The van der Waals surface area contributed by atoms with Crippen LogP contribution in [0.3, 0.4) is 0 Å². The van der Waals surface area contributed by atoms with E-state index in [0.29, 0.717) is 25.8 Å². The van der Waals surface area contributed by atoms with Gasteiger partial charge in [-0.05, 0) is 11.6 Å². The van der Waals surface area contributed by atoms with Gasteiger partial charge in [-0.1, -0.05) is 18.2 Å². The first-order valence-electron chi connectivity index (χ1n) is 6.64. The first kappa shape index (κ1) is 10.8. The summed E-state index contributed by atoms with van der Waals surface area (Å²) < 4.78 is 0. The molecule has 2 aliphatic heterocycles. The number of ketones is 1. The Balaban J connectivity index is 1.86. The maximum atomic E-state index is 12.0. The van der Waals surface area contributed by atoms with Gasteiger partial charge >= 0.3 is 0 Å². The summed E-state index contributed by atoms with van der Waals surface area (Å²) in [5, 5.41) is 1.18. The van der Waals surface area contributed by atoms with Crippen molar-refractivity contribution in [2.75, 3.05) is 0 Å². The molecule has 0 bridgehead atoms. The number of carbonyl (C=O) groups is 2. The van der Waals surface area contributed by atoms with Crippen LogP contribution in [0, 0.1) is 0 Å². The molecule has 4 nitrogen and oxygen atoms in total. The van der Waals surface area contributed by atoms with Crippen molar-refractivity contribution in [1.29, 1.82) is 0 Å².